The average Bonchev–Trinajstić information content (AvgIpc) is 3.50. The number of aromatic nitrogens is 1. The second kappa shape index (κ2) is 10.2. The lowest BCUT2D eigenvalue weighted by molar-refractivity contribution is -0.117. The van der Waals surface area contributed by atoms with Crippen molar-refractivity contribution < 1.29 is 9.59 Å². The minimum Gasteiger partial charge on any atom is -0.372 e. The molecule has 164 valence electrons. The molecule has 0 unspecified atom stereocenters. The first-order valence-corrected chi connectivity index (χ1v) is 11.6. The van der Waals surface area contributed by atoms with Crippen molar-refractivity contribution in [2.45, 2.75) is 26.3 Å². The summed E-state index contributed by atoms with van der Waals surface area (Å²) in [6, 6.07) is 17.7. The molecule has 1 aliphatic rings. The summed E-state index contributed by atoms with van der Waals surface area (Å²) in [5, 5.41) is 5.30. The van der Waals surface area contributed by atoms with E-state index in [-0.39, 0.29) is 11.8 Å². The van der Waals surface area contributed by atoms with Gasteiger partial charge < -0.3 is 10.2 Å². The van der Waals surface area contributed by atoms with Gasteiger partial charge in [-0.2, -0.15) is 0 Å². The van der Waals surface area contributed by atoms with Gasteiger partial charge in [0.15, 0.2) is 5.13 Å². The molecule has 0 saturated carbocycles. The predicted octanol–water partition coefficient (Wildman–Crippen LogP) is 4.76. The number of hydrogen-bond donors (Lipinski definition) is 1. The van der Waals surface area contributed by atoms with Crippen molar-refractivity contribution in [3.63, 3.8) is 0 Å². The molecule has 2 heterocycles. The summed E-state index contributed by atoms with van der Waals surface area (Å²) in [4.78, 5) is 32.8. The monoisotopic (exact) mass is 446 g/mol. The lowest BCUT2D eigenvalue weighted by atomic mass is 10.2. The third kappa shape index (κ3) is 5.42. The fourth-order valence-corrected chi connectivity index (χ4v) is 4.52. The van der Waals surface area contributed by atoms with Crippen LogP contribution < -0.4 is 15.1 Å². The summed E-state index contributed by atoms with van der Waals surface area (Å²) in [5.74, 6) is -0.302. The number of nitrogens with one attached hydrogen (secondary N) is 1. The zero-order valence-electron chi connectivity index (χ0n) is 18.0. The van der Waals surface area contributed by atoms with E-state index >= 15 is 0 Å². The number of para-hydroxylation sites is 1. The van der Waals surface area contributed by atoms with Gasteiger partial charge in [0.2, 0.25) is 11.8 Å². The van der Waals surface area contributed by atoms with E-state index in [1.54, 1.807) is 11.0 Å². The zero-order valence-corrected chi connectivity index (χ0v) is 18.8. The third-order valence-corrected chi connectivity index (χ3v) is 6.15. The van der Waals surface area contributed by atoms with Crippen molar-refractivity contribution in [2.75, 3.05) is 22.9 Å². The Hall–Kier alpha value is -3.45. The number of carbonyl (C=O) groups is 2. The molecule has 2 amide bonds. The van der Waals surface area contributed by atoms with Crippen LogP contribution in [0.4, 0.5) is 16.5 Å². The predicted molar refractivity (Wildman–Crippen MR) is 130 cm³/mol. The van der Waals surface area contributed by atoms with Gasteiger partial charge in [0.05, 0.1) is 11.4 Å². The molecule has 3 aromatic rings. The molecule has 0 atom stereocenters. The summed E-state index contributed by atoms with van der Waals surface area (Å²) in [6.45, 7) is 4.22. The maximum absolute atomic E-state index is 12.2. The van der Waals surface area contributed by atoms with Crippen LogP contribution in [0.15, 0.2) is 66.1 Å². The van der Waals surface area contributed by atoms with Gasteiger partial charge in [0.25, 0.3) is 0 Å². The Labute approximate surface area is 192 Å². The maximum atomic E-state index is 12.2. The van der Waals surface area contributed by atoms with E-state index in [2.05, 4.69) is 39.5 Å². The fraction of sp³-hybridized carbons (Fsp3) is 0.240. The van der Waals surface area contributed by atoms with Crippen molar-refractivity contribution >= 4 is 45.7 Å². The third-order valence-electron chi connectivity index (χ3n) is 5.31. The van der Waals surface area contributed by atoms with Gasteiger partial charge in [-0.05, 0) is 48.7 Å². The molecule has 2 aromatic carbocycles. The van der Waals surface area contributed by atoms with Crippen LogP contribution in [0.2, 0.25) is 0 Å². The molecule has 0 bridgehead atoms. The molecule has 32 heavy (non-hydrogen) atoms. The van der Waals surface area contributed by atoms with Gasteiger partial charge in [-0.3, -0.25) is 14.5 Å². The van der Waals surface area contributed by atoms with E-state index in [0.717, 1.165) is 24.3 Å². The van der Waals surface area contributed by atoms with Crippen LogP contribution in [0, 0.1) is 0 Å². The van der Waals surface area contributed by atoms with E-state index in [1.165, 1.54) is 42.9 Å². The molecule has 1 fully saturated rings. The van der Waals surface area contributed by atoms with Gasteiger partial charge in [0.1, 0.15) is 0 Å². The van der Waals surface area contributed by atoms with E-state index < -0.39 is 0 Å². The zero-order chi connectivity index (χ0) is 22.3. The molecule has 1 aliphatic heterocycles. The van der Waals surface area contributed by atoms with E-state index in [9.17, 15) is 9.59 Å². The molecular weight excluding hydrogens is 420 g/mol. The van der Waals surface area contributed by atoms with E-state index in [1.807, 2.05) is 35.7 Å². The summed E-state index contributed by atoms with van der Waals surface area (Å²) in [7, 11) is 0. The second-order valence-corrected chi connectivity index (χ2v) is 8.49. The van der Waals surface area contributed by atoms with Gasteiger partial charge in [0, 0.05) is 43.7 Å². The Morgan fingerprint density at radius 3 is 2.50 bits per heavy atom. The highest BCUT2D eigenvalue weighted by atomic mass is 32.1. The number of thiazole rings is 1. The highest BCUT2D eigenvalue weighted by Gasteiger charge is 2.17. The topological polar surface area (TPSA) is 65.5 Å². The fourth-order valence-electron chi connectivity index (χ4n) is 3.67. The number of anilines is 3. The lowest BCUT2D eigenvalue weighted by Gasteiger charge is -2.17. The number of hydrogen-bond acceptors (Lipinski definition) is 5. The van der Waals surface area contributed by atoms with Gasteiger partial charge in [-0.25, -0.2) is 4.98 Å². The lowest BCUT2D eigenvalue weighted by Crippen LogP contribution is -2.22. The van der Waals surface area contributed by atoms with Crippen LogP contribution >= 0.6 is 11.3 Å². The molecule has 1 saturated heterocycles. The molecule has 0 radical (unpaired) electrons. The Bertz CT molecular complexity index is 1090. The summed E-state index contributed by atoms with van der Waals surface area (Å²) >= 11 is 1.36. The van der Waals surface area contributed by atoms with Crippen molar-refractivity contribution in [2.24, 2.45) is 0 Å². The minimum absolute atomic E-state index is 0.116. The Kier molecular flexibility index (Phi) is 6.97. The molecule has 4 rings (SSSR count). The Morgan fingerprint density at radius 2 is 1.81 bits per heavy atom. The summed E-state index contributed by atoms with van der Waals surface area (Å²) in [5.41, 5.74) is 3.70. The Morgan fingerprint density at radius 1 is 1.09 bits per heavy atom. The van der Waals surface area contributed by atoms with Crippen molar-refractivity contribution in [3.8, 4) is 0 Å². The van der Waals surface area contributed by atoms with Gasteiger partial charge >= 0.3 is 0 Å². The van der Waals surface area contributed by atoms with Crippen LogP contribution in [-0.4, -0.2) is 29.9 Å². The van der Waals surface area contributed by atoms with Crippen LogP contribution in [0.5, 0.6) is 0 Å². The highest BCUT2D eigenvalue weighted by Crippen LogP contribution is 2.29. The van der Waals surface area contributed by atoms with Gasteiger partial charge in [-0.1, -0.05) is 30.3 Å². The summed E-state index contributed by atoms with van der Waals surface area (Å²) < 4.78 is 0. The van der Waals surface area contributed by atoms with E-state index in [0.29, 0.717) is 17.4 Å². The van der Waals surface area contributed by atoms with Crippen LogP contribution in [-0.2, 0) is 16.1 Å². The smallest absolute Gasteiger partial charge is 0.244 e. The highest BCUT2D eigenvalue weighted by molar-refractivity contribution is 7.14. The van der Waals surface area contributed by atoms with Crippen molar-refractivity contribution in [1.29, 1.82) is 0 Å². The minimum atomic E-state index is -0.186. The second-order valence-electron chi connectivity index (χ2n) is 7.66. The standard InChI is InChI=1S/C25H26N4O2S/c1-19(30)29(23-7-3-2-4-8-23)25-27-21(18-32-25)11-14-24(31)26-17-20-9-12-22(13-10-20)28-15-5-6-16-28/h2-4,7-14,18H,5-6,15-17H2,1H3,(H,26,31)/b14-11+. The normalized spacial score (nSPS) is 13.5. The molecule has 1 N–H and O–H groups in total. The molecule has 7 heteroatoms. The number of benzene rings is 2. The van der Waals surface area contributed by atoms with Crippen LogP contribution in [0.3, 0.4) is 0 Å². The first-order valence-electron chi connectivity index (χ1n) is 10.7. The van der Waals surface area contributed by atoms with Crippen molar-refractivity contribution in [3.05, 3.63) is 77.3 Å². The molecule has 6 nitrogen and oxygen atoms in total. The number of rotatable bonds is 7. The molecule has 1 aromatic heterocycles. The quantitative estimate of drug-likeness (QED) is 0.532. The van der Waals surface area contributed by atoms with Gasteiger partial charge in [-0.15, -0.1) is 11.3 Å². The molecule has 0 aliphatic carbocycles. The number of carbonyl (C=O) groups excluding carboxylic acids is 2. The van der Waals surface area contributed by atoms with E-state index in [4.69, 9.17) is 0 Å². The number of nitrogens with zero attached hydrogens (tertiary/aromatic N) is 3. The first-order chi connectivity index (χ1) is 15.6. The Balaban J connectivity index is 1.33. The number of amides is 2. The average molecular weight is 447 g/mol. The largest absolute Gasteiger partial charge is 0.372 e. The maximum Gasteiger partial charge on any atom is 0.244 e. The summed E-state index contributed by atoms with van der Waals surface area (Å²) in [6.07, 6.45) is 5.64. The van der Waals surface area contributed by atoms with Crippen molar-refractivity contribution in [1.82, 2.24) is 10.3 Å². The van der Waals surface area contributed by atoms with Crippen LogP contribution in [0.25, 0.3) is 6.08 Å². The SMILES string of the molecule is CC(=O)N(c1ccccc1)c1nc(/C=C/C(=O)NCc2ccc(N3CCCC3)cc2)cs1. The first kappa shape index (κ1) is 21.8. The molecular formula is C25H26N4O2S. The van der Waals surface area contributed by atoms with Crippen LogP contribution in [0.1, 0.15) is 31.0 Å². The molecule has 0 spiro atoms.